The Morgan fingerprint density at radius 3 is 2.54 bits per heavy atom. The Morgan fingerprint density at radius 2 is 1.88 bits per heavy atom. The average Bonchev–Trinajstić information content (AvgIpc) is 2.63. The summed E-state index contributed by atoms with van der Waals surface area (Å²) in [6, 6.07) is 13.7. The van der Waals surface area contributed by atoms with Gasteiger partial charge in [-0.25, -0.2) is 4.79 Å². The van der Waals surface area contributed by atoms with Gasteiger partial charge in [0.25, 0.3) is 5.91 Å². The topological polar surface area (TPSA) is 84.1 Å². The molecule has 26 heavy (non-hydrogen) atoms. The van der Waals surface area contributed by atoms with Crippen LogP contribution in [0.15, 0.2) is 53.3 Å². The van der Waals surface area contributed by atoms with Crippen LogP contribution in [0.3, 0.4) is 0 Å². The zero-order chi connectivity index (χ0) is 18.7. The van der Waals surface area contributed by atoms with Crippen molar-refractivity contribution >= 4 is 23.2 Å². The zero-order valence-corrected chi connectivity index (χ0v) is 14.9. The molecule has 0 bridgehead atoms. The highest BCUT2D eigenvalue weighted by Gasteiger charge is 2.12. The van der Waals surface area contributed by atoms with Gasteiger partial charge in [0, 0.05) is 16.3 Å². The van der Waals surface area contributed by atoms with Gasteiger partial charge in [-0.05, 0) is 61.0 Å². The number of hydrogen-bond donors (Lipinski definition) is 2. The van der Waals surface area contributed by atoms with E-state index in [0.29, 0.717) is 27.7 Å². The number of rotatable bonds is 4. The van der Waals surface area contributed by atoms with Crippen molar-refractivity contribution in [1.82, 2.24) is 9.97 Å². The van der Waals surface area contributed by atoms with Crippen LogP contribution >= 0.6 is 11.6 Å². The first-order chi connectivity index (χ1) is 12.5. The number of ether oxygens (including phenoxy) is 1. The van der Waals surface area contributed by atoms with Crippen LogP contribution in [0, 0.1) is 6.92 Å². The van der Waals surface area contributed by atoms with Gasteiger partial charge in [-0.15, -0.1) is 0 Å². The summed E-state index contributed by atoms with van der Waals surface area (Å²) in [5.74, 6) is 0.249. The second kappa shape index (κ2) is 7.41. The number of methoxy groups -OCH3 is 1. The van der Waals surface area contributed by atoms with Gasteiger partial charge in [-0.2, -0.15) is 4.98 Å². The van der Waals surface area contributed by atoms with Gasteiger partial charge in [0.05, 0.1) is 12.8 Å². The highest BCUT2D eigenvalue weighted by atomic mass is 35.5. The minimum Gasteiger partial charge on any atom is -0.497 e. The Hall–Kier alpha value is -3.12. The first-order valence-corrected chi connectivity index (χ1v) is 8.17. The maximum Gasteiger partial charge on any atom is 0.346 e. The fraction of sp³-hybridized carbons (Fsp3) is 0.105. The number of carbonyl (C=O) groups excluding carboxylic acids is 1. The van der Waals surface area contributed by atoms with Crippen molar-refractivity contribution in [1.29, 1.82) is 0 Å². The monoisotopic (exact) mass is 369 g/mol. The quantitative estimate of drug-likeness (QED) is 0.735. The molecule has 0 saturated carbocycles. The molecule has 1 heterocycles. The summed E-state index contributed by atoms with van der Waals surface area (Å²) >= 11 is 5.92. The molecule has 0 fully saturated rings. The van der Waals surface area contributed by atoms with E-state index >= 15 is 0 Å². The Kier molecular flexibility index (Phi) is 5.04. The maximum absolute atomic E-state index is 12.5. The number of aromatic nitrogens is 2. The van der Waals surface area contributed by atoms with Crippen molar-refractivity contribution in [2.45, 2.75) is 6.92 Å². The number of aromatic amines is 1. The molecular formula is C19H16ClN3O3. The van der Waals surface area contributed by atoms with E-state index in [4.69, 9.17) is 16.3 Å². The number of carbonyl (C=O) groups is 1. The Labute approximate surface area is 154 Å². The highest BCUT2D eigenvalue weighted by molar-refractivity contribution is 6.30. The average molecular weight is 370 g/mol. The van der Waals surface area contributed by atoms with Crippen molar-refractivity contribution in [3.05, 3.63) is 75.3 Å². The highest BCUT2D eigenvalue weighted by Crippen LogP contribution is 2.22. The number of nitrogens with zero attached hydrogens (tertiary/aromatic N) is 1. The van der Waals surface area contributed by atoms with E-state index in [9.17, 15) is 9.59 Å². The Bertz CT molecular complexity index is 1010. The standard InChI is InChI=1S/C19H16ClN3O3/c1-11-9-13(20)5-8-15(11)21-18(24)17-10-16(22-19(25)23-17)12-3-6-14(26-2)7-4-12/h3-10H,1-2H3,(H,21,24)(H,22,23,25). The summed E-state index contributed by atoms with van der Waals surface area (Å²) in [4.78, 5) is 30.8. The smallest absolute Gasteiger partial charge is 0.346 e. The third kappa shape index (κ3) is 3.92. The van der Waals surface area contributed by atoms with Gasteiger partial charge in [-0.1, -0.05) is 11.6 Å². The van der Waals surface area contributed by atoms with E-state index in [1.165, 1.54) is 6.07 Å². The van der Waals surface area contributed by atoms with Gasteiger partial charge in [0.1, 0.15) is 11.4 Å². The lowest BCUT2D eigenvalue weighted by Gasteiger charge is -2.09. The predicted molar refractivity (Wildman–Crippen MR) is 101 cm³/mol. The molecule has 2 N–H and O–H groups in total. The number of H-pyrrole nitrogens is 1. The van der Waals surface area contributed by atoms with Crippen LogP contribution in [-0.4, -0.2) is 23.0 Å². The van der Waals surface area contributed by atoms with E-state index in [1.54, 1.807) is 49.6 Å². The van der Waals surface area contributed by atoms with Gasteiger partial charge in [0.2, 0.25) is 0 Å². The second-order valence-corrected chi connectivity index (χ2v) is 6.06. The molecule has 0 unspecified atom stereocenters. The van der Waals surface area contributed by atoms with Crippen LogP contribution in [0.4, 0.5) is 5.69 Å². The lowest BCUT2D eigenvalue weighted by Crippen LogP contribution is -2.21. The minimum absolute atomic E-state index is 0.116. The molecule has 1 aromatic heterocycles. The van der Waals surface area contributed by atoms with Gasteiger partial charge in [-0.3, -0.25) is 4.79 Å². The molecule has 1 amide bonds. The molecule has 0 aliphatic carbocycles. The van der Waals surface area contributed by atoms with Crippen molar-refractivity contribution < 1.29 is 9.53 Å². The van der Waals surface area contributed by atoms with E-state index in [1.807, 2.05) is 6.92 Å². The summed E-state index contributed by atoms with van der Waals surface area (Å²) in [5.41, 5.74) is 2.05. The third-order valence-electron chi connectivity index (χ3n) is 3.81. The van der Waals surface area contributed by atoms with E-state index in [0.717, 1.165) is 5.56 Å². The first-order valence-electron chi connectivity index (χ1n) is 7.79. The molecule has 0 radical (unpaired) electrons. The van der Waals surface area contributed by atoms with E-state index in [2.05, 4.69) is 15.3 Å². The van der Waals surface area contributed by atoms with Crippen molar-refractivity contribution in [2.75, 3.05) is 12.4 Å². The largest absolute Gasteiger partial charge is 0.497 e. The molecule has 0 spiro atoms. The molecule has 2 aromatic carbocycles. The van der Waals surface area contributed by atoms with Gasteiger partial charge >= 0.3 is 5.69 Å². The van der Waals surface area contributed by atoms with E-state index in [-0.39, 0.29) is 5.69 Å². The summed E-state index contributed by atoms with van der Waals surface area (Å²) in [6.45, 7) is 1.83. The molecule has 0 aliphatic rings. The fourth-order valence-electron chi connectivity index (χ4n) is 2.45. The summed E-state index contributed by atoms with van der Waals surface area (Å²) in [6.07, 6.45) is 0. The summed E-state index contributed by atoms with van der Waals surface area (Å²) in [5, 5.41) is 3.35. The Morgan fingerprint density at radius 1 is 1.15 bits per heavy atom. The SMILES string of the molecule is COc1ccc(-c2cc(C(=O)Nc3ccc(Cl)cc3C)[nH]c(=O)n2)cc1. The van der Waals surface area contributed by atoms with Crippen LogP contribution in [-0.2, 0) is 0 Å². The number of amides is 1. The van der Waals surface area contributed by atoms with Crippen molar-refractivity contribution in [3.63, 3.8) is 0 Å². The zero-order valence-electron chi connectivity index (χ0n) is 14.2. The second-order valence-electron chi connectivity index (χ2n) is 5.63. The fourth-order valence-corrected chi connectivity index (χ4v) is 2.67. The summed E-state index contributed by atoms with van der Waals surface area (Å²) in [7, 11) is 1.57. The third-order valence-corrected chi connectivity index (χ3v) is 4.05. The molecule has 0 saturated heterocycles. The molecule has 0 atom stereocenters. The van der Waals surface area contributed by atoms with Gasteiger partial charge < -0.3 is 15.0 Å². The van der Waals surface area contributed by atoms with E-state index < -0.39 is 11.6 Å². The van der Waals surface area contributed by atoms with Crippen LogP contribution in [0.2, 0.25) is 5.02 Å². The van der Waals surface area contributed by atoms with Crippen LogP contribution in [0.25, 0.3) is 11.3 Å². The lowest BCUT2D eigenvalue weighted by molar-refractivity contribution is 0.102. The molecule has 3 aromatic rings. The number of nitrogens with one attached hydrogen (secondary N) is 2. The first kappa shape index (κ1) is 17.7. The lowest BCUT2D eigenvalue weighted by atomic mass is 10.1. The molecule has 6 nitrogen and oxygen atoms in total. The number of benzene rings is 2. The van der Waals surface area contributed by atoms with Crippen LogP contribution in [0.5, 0.6) is 5.75 Å². The maximum atomic E-state index is 12.5. The number of halogens is 1. The predicted octanol–water partition coefficient (Wildman–Crippen LogP) is 3.66. The molecule has 3 rings (SSSR count). The number of aryl methyl sites for hydroxylation is 1. The Balaban J connectivity index is 1.91. The minimum atomic E-state index is -0.601. The summed E-state index contributed by atoms with van der Waals surface area (Å²) < 4.78 is 5.11. The van der Waals surface area contributed by atoms with Crippen LogP contribution < -0.4 is 15.7 Å². The van der Waals surface area contributed by atoms with Gasteiger partial charge in [0.15, 0.2) is 0 Å². The number of hydrogen-bond acceptors (Lipinski definition) is 4. The molecule has 7 heteroatoms. The molecular weight excluding hydrogens is 354 g/mol. The van der Waals surface area contributed by atoms with Crippen molar-refractivity contribution in [2.24, 2.45) is 0 Å². The number of anilines is 1. The molecule has 0 aliphatic heterocycles. The normalized spacial score (nSPS) is 10.4. The van der Waals surface area contributed by atoms with Crippen LogP contribution in [0.1, 0.15) is 16.1 Å². The van der Waals surface area contributed by atoms with Crippen molar-refractivity contribution in [3.8, 4) is 17.0 Å². The molecule has 132 valence electrons.